The molecule has 1 amide bonds. The lowest BCUT2D eigenvalue weighted by Crippen LogP contribution is -2.21. The average Bonchev–Trinajstić information content (AvgIpc) is 3.60. The van der Waals surface area contributed by atoms with Crippen LogP contribution >= 0.6 is 0 Å². The summed E-state index contributed by atoms with van der Waals surface area (Å²) < 4.78 is 58.5. The van der Waals surface area contributed by atoms with Crippen molar-refractivity contribution >= 4 is 45.3 Å². The van der Waals surface area contributed by atoms with Gasteiger partial charge in [0.1, 0.15) is 17.6 Å². The number of carbonyl (C=O) groups excluding carboxylic acids is 1. The topological polar surface area (TPSA) is 121 Å². The van der Waals surface area contributed by atoms with Gasteiger partial charge in [-0.25, -0.2) is 18.7 Å². The van der Waals surface area contributed by atoms with Crippen LogP contribution in [0.2, 0.25) is 0 Å². The quantitative estimate of drug-likeness (QED) is 0.471. The van der Waals surface area contributed by atoms with Crippen LogP contribution in [0.25, 0.3) is 11.2 Å². The van der Waals surface area contributed by atoms with E-state index in [1.807, 2.05) is 0 Å². The maximum absolute atomic E-state index is 14.0. The van der Waals surface area contributed by atoms with Gasteiger partial charge in [0.25, 0.3) is 6.43 Å². The van der Waals surface area contributed by atoms with Crippen molar-refractivity contribution in [2.45, 2.75) is 49.7 Å². The van der Waals surface area contributed by atoms with Crippen molar-refractivity contribution < 1.29 is 27.1 Å². The molecular formula is C22H22F2N5O4S-. The van der Waals surface area contributed by atoms with Crippen LogP contribution in [0.4, 0.5) is 26.0 Å². The average molecular weight is 491 g/mol. The monoisotopic (exact) mass is 490 g/mol. The Balaban J connectivity index is 1.66. The number of fused-ring (bicyclic) bond motifs is 1. The molecule has 1 aromatic carbocycles. The first kappa shape index (κ1) is 22.8. The molecule has 2 aromatic heterocycles. The Morgan fingerprint density at radius 1 is 1.18 bits per heavy atom. The molecule has 5 rings (SSSR count). The molecule has 1 saturated carbocycles. The highest BCUT2D eigenvalue weighted by atomic mass is 32.2. The second-order valence-corrected chi connectivity index (χ2v) is 9.22. The molecule has 34 heavy (non-hydrogen) atoms. The third-order valence-electron chi connectivity index (χ3n) is 5.85. The summed E-state index contributed by atoms with van der Waals surface area (Å²) in [5.74, 6) is -0.636. The predicted molar refractivity (Wildman–Crippen MR) is 120 cm³/mol. The van der Waals surface area contributed by atoms with Gasteiger partial charge in [0, 0.05) is 23.5 Å². The Labute approximate surface area is 196 Å². The summed E-state index contributed by atoms with van der Waals surface area (Å²) in [4.78, 5) is 21.0. The van der Waals surface area contributed by atoms with Crippen LogP contribution in [0.5, 0.6) is 0 Å². The smallest absolute Gasteiger partial charge is 0.295 e. The van der Waals surface area contributed by atoms with Crippen molar-refractivity contribution in [3.63, 3.8) is 0 Å². The zero-order valence-electron chi connectivity index (χ0n) is 18.0. The molecular weight excluding hydrogens is 468 g/mol. The lowest BCUT2D eigenvalue weighted by Gasteiger charge is -2.25. The maximum Gasteiger partial charge on any atom is 0.295 e. The molecule has 3 heterocycles. The molecule has 2 N–H and O–H groups in total. The number of ether oxygens (including phenoxy) is 1. The zero-order chi connectivity index (χ0) is 23.8. The second-order valence-electron chi connectivity index (χ2n) is 8.31. The fourth-order valence-electron chi connectivity index (χ4n) is 4.04. The van der Waals surface area contributed by atoms with Gasteiger partial charge in [-0.15, -0.1) is 0 Å². The van der Waals surface area contributed by atoms with Gasteiger partial charge in [-0.1, -0.05) is 12.1 Å². The molecule has 0 bridgehead atoms. The first-order chi connectivity index (χ1) is 16.4. The Bertz CT molecular complexity index is 1260. The van der Waals surface area contributed by atoms with Crippen molar-refractivity contribution in [2.24, 2.45) is 5.92 Å². The molecule has 0 spiro atoms. The molecule has 0 radical (unpaired) electrons. The SMILES string of the molecule is O=C(Nc1cc(Nc2ccccc2S(=O)[O-])c2nc(C(F)F)n(C3CCCCO3)c2n1)C1CC1. The largest absolute Gasteiger partial charge is 0.768 e. The maximum atomic E-state index is 14.0. The molecule has 2 aliphatic rings. The molecule has 180 valence electrons. The first-order valence-corrected chi connectivity index (χ1v) is 12.1. The molecule has 3 aromatic rings. The number of hydrogen-bond donors (Lipinski definition) is 2. The molecule has 2 atom stereocenters. The highest BCUT2D eigenvalue weighted by Crippen LogP contribution is 2.37. The lowest BCUT2D eigenvalue weighted by molar-refractivity contribution is -0.117. The number of hydrogen-bond acceptors (Lipinski definition) is 7. The van der Waals surface area contributed by atoms with E-state index in [0.717, 1.165) is 25.7 Å². The summed E-state index contributed by atoms with van der Waals surface area (Å²) in [6, 6.07) is 7.66. The van der Waals surface area contributed by atoms with Gasteiger partial charge in [0.2, 0.25) is 5.91 Å². The van der Waals surface area contributed by atoms with E-state index in [9.17, 15) is 22.3 Å². The number of pyridine rings is 1. The summed E-state index contributed by atoms with van der Waals surface area (Å²) in [6.07, 6.45) is 0.165. The van der Waals surface area contributed by atoms with E-state index in [-0.39, 0.29) is 45.1 Å². The van der Waals surface area contributed by atoms with Gasteiger partial charge in [-0.05, 0) is 55.3 Å². The number of para-hydroxylation sites is 1. The molecule has 2 unspecified atom stereocenters. The fourth-order valence-corrected chi connectivity index (χ4v) is 4.53. The number of halogens is 2. The van der Waals surface area contributed by atoms with Crippen LogP contribution in [0.3, 0.4) is 0 Å². The molecule has 2 fully saturated rings. The molecule has 1 saturated heterocycles. The van der Waals surface area contributed by atoms with E-state index in [0.29, 0.717) is 13.0 Å². The predicted octanol–water partition coefficient (Wildman–Crippen LogP) is 4.40. The van der Waals surface area contributed by atoms with E-state index < -0.39 is 29.6 Å². The van der Waals surface area contributed by atoms with Crippen LogP contribution in [-0.4, -0.2) is 35.8 Å². The number of benzene rings is 1. The number of amides is 1. The minimum atomic E-state index is -2.89. The Morgan fingerprint density at radius 2 is 1.97 bits per heavy atom. The summed E-state index contributed by atoms with van der Waals surface area (Å²) in [5, 5.41) is 5.74. The van der Waals surface area contributed by atoms with Crippen LogP contribution in [-0.2, 0) is 20.6 Å². The van der Waals surface area contributed by atoms with Gasteiger partial charge in [-0.3, -0.25) is 13.6 Å². The number of alkyl halides is 2. The van der Waals surface area contributed by atoms with Crippen molar-refractivity contribution in [2.75, 3.05) is 17.2 Å². The van der Waals surface area contributed by atoms with Crippen molar-refractivity contribution in [3.8, 4) is 0 Å². The highest BCUT2D eigenvalue weighted by Gasteiger charge is 2.32. The number of nitrogens with one attached hydrogen (secondary N) is 2. The minimum absolute atomic E-state index is 0.000146. The van der Waals surface area contributed by atoms with Crippen LogP contribution in [0, 0.1) is 5.92 Å². The number of nitrogens with zero attached hydrogens (tertiary/aromatic N) is 3. The summed E-state index contributed by atoms with van der Waals surface area (Å²) in [6.45, 7) is 0.429. The Kier molecular flexibility index (Phi) is 6.28. The molecule has 9 nitrogen and oxygen atoms in total. The summed E-state index contributed by atoms with van der Waals surface area (Å²) >= 11 is -2.53. The molecule has 1 aliphatic heterocycles. The number of imidazole rings is 1. The minimum Gasteiger partial charge on any atom is -0.768 e. The number of rotatable bonds is 7. The van der Waals surface area contributed by atoms with Crippen molar-refractivity contribution in [3.05, 3.63) is 36.2 Å². The molecule has 12 heteroatoms. The Morgan fingerprint density at radius 3 is 2.65 bits per heavy atom. The third-order valence-corrected chi connectivity index (χ3v) is 6.56. The normalized spacial score (nSPS) is 19.4. The van der Waals surface area contributed by atoms with E-state index in [1.54, 1.807) is 18.2 Å². The second kappa shape index (κ2) is 9.35. The van der Waals surface area contributed by atoms with E-state index in [1.165, 1.54) is 16.7 Å². The van der Waals surface area contributed by atoms with Gasteiger partial charge >= 0.3 is 0 Å². The summed E-state index contributed by atoms with van der Waals surface area (Å²) in [7, 11) is 0. The number of carbonyl (C=O) groups is 1. The van der Waals surface area contributed by atoms with Gasteiger partial charge in [0.15, 0.2) is 11.5 Å². The molecule has 1 aliphatic carbocycles. The lowest BCUT2D eigenvalue weighted by atomic mass is 10.2. The van der Waals surface area contributed by atoms with Gasteiger partial charge in [0.05, 0.1) is 11.4 Å². The van der Waals surface area contributed by atoms with Gasteiger partial charge < -0.3 is 19.9 Å². The third kappa shape index (κ3) is 4.52. The van der Waals surface area contributed by atoms with Gasteiger partial charge in [-0.2, -0.15) is 0 Å². The summed E-state index contributed by atoms with van der Waals surface area (Å²) in [5.41, 5.74) is 0.731. The van der Waals surface area contributed by atoms with Crippen LogP contribution in [0.15, 0.2) is 35.2 Å². The van der Waals surface area contributed by atoms with E-state index in [4.69, 9.17) is 4.74 Å². The fraction of sp³-hybridized carbons (Fsp3) is 0.409. The van der Waals surface area contributed by atoms with E-state index >= 15 is 0 Å². The highest BCUT2D eigenvalue weighted by molar-refractivity contribution is 7.79. The zero-order valence-corrected chi connectivity index (χ0v) is 18.8. The number of aromatic nitrogens is 3. The van der Waals surface area contributed by atoms with Crippen molar-refractivity contribution in [1.29, 1.82) is 0 Å². The first-order valence-electron chi connectivity index (χ1n) is 11.0. The van der Waals surface area contributed by atoms with Crippen molar-refractivity contribution in [1.82, 2.24) is 14.5 Å². The van der Waals surface area contributed by atoms with Crippen LogP contribution in [0.1, 0.15) is 50.6 Å². The Hall–Kier alpha value is -2.96. The van der Waals surface area contributed by atoms with Crippen LogP contribution < -0.4 is 10.6 Å². The number of anilines is 3. The standard InChI is InChI=1S/C22H23F2N5O4S/c23-19(24)21-28-18-14(25-13-5-1-2-6-15(13)34(31)32)11-16(27-22(30)12-8-9-12)26-20(18)29(21)17-7-3-4-10-33-17/h1-2,5-6,11-12,17,19H,3-4,7-10H2,(H,31,32)(H2,25,26,27,30)/p-1. The van der Waals surface area contributed by atoms with E-state index in [2.05, 4.69) is 20.6 Å².